The van der Waals surface area contributed by atoms with Gasteiger partial charge in [0.25, 0.3) is 0 Å². The SMILES string of the molecule is CCNC1CCN(c2ccc(Cl)cc2C(F)(F)F)C1. The topological polar surface area (TPSA) is 15.3 Å². The van der Waals surface area contributed by atoms with Crippen LogP contribution in [0.1, 0.15) is 18.9 Å². The molecule has 1 heterocycles. The van der Waals surface area contributed by atoms with Crippen LogP contribution in [0.3, 0.4) is 0 Å². The summed E-state index contributed by atoms with van der Waals surface area (Å²) in [5.41, 5.74) is -0.436. The minimum absolute atomic E-state index is 0.110. The van der Waals surface area contributed by atoms with Crippen molar-refractivity contribution in [3.63, 3.8) is 0 Å². The maximum absolute atomic E-state index is 13.0. The average molecular weight is 293 g/mol. The third kappa shape index (κ3) is 3.34. The Hall–Kier alpha value is -0.940. The summed E-state index contributed by atoms with van der Waals surface area (Å²) < 4.78 is 39.1. The van der Waals surface area contributed by atoms with Crippen LogP contribution < -0.4 is 10.2 Å². The lowest BCUT2D eigenvalue weighted by molar-refractivity contribution is -0.137. The molecule has 1 fully saturated rings. The molecule has 2 rings (SSSR count). The van der Waals surface area contributed by atoms with E-state index in [9.17, 15) is 13.2 Å². The Morgan fingerprint density at radius 2 is 2.16 bits per heavy atom. The molecule has 0 radical (unpaired) electrons. The first-order valence-electron chi connectivity index (χ1n) is 6.27. The van der Waals surface area contributed by atoms with Gasteiger partial charge in [0, 0.05) is 29.8 Å². The van der Waals surface area contributed by atoms with Gasteiger partial charge in [-0.3, -0.25) is 0 Å². The maximum atomic E-state index is 13.0. The molecule has 0 aromatic heterocycles. The molecule has 1 atom stereocenters. The summed E-state index contributed by atoms with van der Waals surface area (Å²) in [6, 6.07) is 4.21. The summed E-state index contributed by atoms with van der Waals surface area (Å²) in [5.74, 6) is 0. The van der Waals surface area contributed by atoms with Crippen molar-refractivity contribution >= 4 is 17.3 Å². The zero-order chi connectivity index (χ0) is 14.0. The lowest BCUT2D eigenvalue weighted by Crippen LogP contribution is -2.32. The molecule has 0 bridgehead atoms. The van der Waals surface area contributed by atoms with Crippen LogP contribution in [0.15, 0.2) is 18.2 Å². The average Bonchev–Trinajstić information content (AvgIpc) is 2.77. The first-order chi connectivity index (χ1) is 8.91. The second-order valence-corrected chi connectivity index (χ2v) is 5.08. The molecule has 1 N–H and O–H groups in total. The number of hydrogen-bond acceptors (Lipinski definition) is 2. The number of hydrogen-bond donors (Lipinski definition) is 1. The molecular weight excluding hydrogens is 277 g/mol. The largest absolute Gasteiger partial charge is 0.418 e. The molecule has 19 heavy (non-hydrogen) atoms. The summed E-state index contributed by atoms with van der Waals surface area (Å²) in [5, 5.41) is 3.37. The van der Waals surface area contributed by atoms with Gasteiger partial charge in [0.2, 0.25) is 0 Å². The lowest BCUT2D eigenvalue weighted by Gasteiger charge is -2.23. The van der Waals surface area contributed by atoms with Crippen molar-refractivity contribution in [2.24, 2.45) is 0 Å². The van der Waals surface area contributed by atoms with E-state index in [1.165, 1.54) is 12.1 Å². The number of nitrogens with one attached hydrogen (secondary N) is 1. The molecule has 1 unspecified atom stereocenters. The molecule has 6 heteroatoms. The van der Waals surface area contributed by atoms with Crippen molar-refractivity contribution < 1.29 is 13.2 Å². The van der Waals surface area contributed by atoms with E-state index in [0.29, 0.717) is 13.1 Å². The van der Waals surface area contributed by atoms with E-state index < -0.39 is 11.7 Å². The quantitative estimate of drug-likeness (QED) is 0.916. The Balaban J connectivity index is 2.26. The number of benzene rings is 1. The molecule has 2 nitrogen and oxygen atoms in total. The van der Waals surface area contributed by atoms with Crippen LogP contribution >= 0.6 is 11.6 Å². The van der Waals surface area contributed by atoms with Crippen molar-refractivity contribution in [3.8, 4) is 0 Å². The molecule has 0 amide bonds. The molecule has 106 valence electrons. The van der Waals surface area contributed by atoms with Crippen LogP contribution in [-0.2, 0) is 6.18 Å². The van der Waals surface area contributed by atoms with Crippen LogP contribution in [0.25, 0.3) is 0 Å². The molecular formula is C13H16ClF3N2. The summed E-state index contributed by atoms with van der Waals surface area (Å²) in [4.78, 5) is 1.77. The Kier molecular flexibility index (Phi) is 4.26. The van der Waals surface area contributed by atoms with Gasteiger partial charge < -0.3 is 10.2 Å². The number of likely N-dealkylation sites (N-methyl/N-ethyl adjacent to an activating group) is 1. The third-order valence-electron chi connectivity index (χ3n) is 3.29. The summed E-state index contributed by atoms with van der Waals surface area (Å²) in [6.45, 7) is 4.04. The third-order valence-corrected chi connectivity index (χ3v) is 3.52. The van der Waals surface area contributed by atoms with Gasteiger partial charge >= 0.3 is 6.18 Å². The predicted molar refractivity (Wildman–Crippen MR) is 70.7 cm³/mol. The second kappa shape index (κ2) is 5.59. The smallest absolute Gasteiger partial charge is 0.369 e. The van der Waals surface area contributed by atoms with Crippen LogP contribution in [0, 0.1) is 0 Å². The van der Waals surface area contributed by atoms with Gasteiger partial charge in [0.1, 0.15) is 0 Å². The van der Waals surface area contributed by atoms with E-state index in [1.807, 2.05) is 6.92 Å². The number of rotatable bonds is 3. The van der Waals surface area contributed by atoms with E-state index in [1.54, 1.807) is 4.90 Å². The molecule has 1 aliphatic heterocycles. The predicted octanol–water partition coefficient (Wildman–Crippen LogP) is 3.55. The highest BCUT2D eigenvalue weighted by molar-refractivity contribution is 6.30. The number of alkyl halides is 3. The molecule has 0 spiro atoms. The van der Waals surface area contributed by atoms with Crippen molar-refractivity contribution in [1.82, 2.24) is 5.32 Å². The lowest BCUT2D eigenvalue weighted by atomic mass is 10.1. The second-order valence-electron chi connectivity index (χ2n) is 4.65. The molecule has 0 aliphatic carbocycles. The minimum atomic E-state index is -4.38. The van der Waals surface area contributed by atoms with Crippen LogP contribution in [0.5, 0.6) is 0 Å². The van der Waals surface area contributed by atoms with E-state index in [2.05, 4.69) is 5.32 Å². The number of nitrogens with zero attached hydrogens (tertiary/aromatic N) is 1. The Morgan fingerprint density at radius 3 is 2.79 bits per heavy atom. The van der Waals surface area contributed by atoms with Gasteiger partial charge in [-0.05, 0) is 31.2 Å². The highest BCUT2D eigenvalue weighted by Gasteiger charge is 2.36. The highest BCUT2D eigenvalue weighted by atomic mass is 35.5. The Morgan fingerprint density at radius 1 is 1.42 bits per heavy atom. The number of halogens is 4. The zero-order valence-corrected chi connectivity index (χ0v) is 11.4. The fourth-order valence-electron chi connectivity index (χ4n) is 2.45. The van der Waals surface area contributed by atoms with Crippen molar-refractivity contribution in [2.75, 3.05) is 24.5 Å². The van der Waals surface area contributed by atoms with Crippen molar-refractivity contribution in [1.29, 1.82) is 0 Å². The Labute approximate surface area is 115 Å². The van der Waals surface area contributed by atoms with Gasteiger partial charge in [-0.1, -0.05) is 18.5 Å². The van der Waals surface area contributed by atoms with E-state index in [0.717, 1.165) is 19.0 Å². The zero-order valence-electron chi connectivity index (χ0n) is 10.6. The van der Waals surface area contributed by atoms with Crippen molar-refractivity contribution in [2.45, 2.75) is 25.6 Å². The summed E-state index contributed by atoms with van der Waals surface area (Å²) in [6.07, 6.45) is -3.52. The van der Waals surface area contributed by atoms with E-state index in [4.69, 9.17) is 11.6 Å². The minimum Gasteiger partial charge on any atom is -0.369 e. The van der Waals surface area contributed by atoms with E-state index >= 15 is 0 Å². The Bertz CT molecular complexity index is 448. The van der Waals surface area contributed by atoms with Crippen LogP contribution in [0.4, 0.5) is 18.9 Å². The highest BCUT2D eigenvalue weighted by Crippen LogP contribution is 2.39. The summed E-state index contributed by atoms with van der Waals surface area (Å²) >= 11 is 5.68. The molecule has 0 saturated carbocycles. The van der Waals surface area contributed by atoms with Gasteiger partial charge in [-0.2, -0.15) is 13.2 Å². The van der Waals surface area contributed by atoms with Gasteiger partial charge in [-0.15, -0.1) is 0 Å². The van der Waals surface area contributed by atoms with Crippen LogP contribution in [-0.4, -0.2) is 25.7 Å². The van der Waals surface area contributed by atoms with Crippen molar-refractivity contribution in [3.05, 3.63) is 28.8 Å². The number of anilines is 1. The van der Waals surface area contributed by atoms with Gasteiger partial charge in [0.05, 0.1) is 5.56 Å². The fraction of sp³-hybridized carbons (Fsp3) is 0.538. The summed E-state index contributed by atoms with van der Waals surface area (Å²) in [7, 11) is 0. The molecule has 1 saturated heterocycles. The molecule has 1 aliphatic rings. The van der Waals surface area contributed by atoms with Gasteiger partial charge in [-0.25, -0.2) is 0 Å². The normalized spacial score (nSPS) is 20.1. The van der Waals surface area contributed by atoms with Crippen LogP contribution in [0.2, 0.25) is 5.02 Å². The van der Waals surface area contributed by atoms with E-state index in [-0.39, 0.29) is 16.8 Å². The first kappa shape index (κ1) is 14.5. The fourth-order valence-corrected chi connectivity index (χ4v) is 2.62. The van der Waals surface area contributed by atoms with Gasteiger partial charge in [0.15, 0.2) is 0 Å². The maximum Gasteiger partial charge on any atom is 0.418 e. The molecule has 1 aromatic carbocycles. The first-order valence-corrected chi connectivity index (χ1v) is 6.64. The monoisotopic (exact) mass is 292 g/mol. The molecule has 1 aromatic rings. The standard InChI is InChI=1S/C13H16ClF3N2/c1-2-18-10-5-6-19(8-10)12-4-3-9(14)7-11(12)13(15,16)17/h3-4,7,10,18H,2,5-6,8H2,1H3.